The summed E-state index contributed by atoms with van der Waals surface area (Å²) in [5.41, 5.74) is 0.906. The Morgan fingerprint density at radius 1 is 1.43 bits per heavy atom. The Morgan fingerprint density at radius 2 is 2.21 bits per heavy atom. The van der Waals surface area contributed by atoms with Crippen molar-refractivity contribution in [3.63, 3.8) is 0 Å². The average molecular weight is 242 g/mol. The normalized spacial score (nSPS) is 10.4. The van der Waals surface area contributed by atoms with E-state index >= 15 is 0 Å². The molecule has 0 bridgehead atoms. The largest absolute Gasteiger partial charge is 0.192 e. The van der Waals surface area contributed by atoms with Crippen molar-refractivity contribution < 1.29 is 0 Å². The first-order valence-electron chi connectivity index (χ1n) is 3.93. The third kappa shape index (κ3) is 1.48. The summed E-state index contributed by atoms with van der Waals surface area (Å²) < 4.78 is 1.06. The first kappa shape index (κ1) is 9.79. The fourth-order valence-electron chi connectivity index (χ4n) is 1.33. The summed E-state index contributed by atoms with van der Waals surface area (Å²) in [4.78, 5) is 0.689. The van der Waals surface area contributed by atoms with Crippen molar-refractivity contribution in [3.05, 3.63) is 33.7 Å². The van der Waals surface area contributed by atoms with Crippen LogP contribution in [0.5, 0.6) is 0 Å². The van der Waals surface area contributed by atoms with E-state index in [0.717, 1.165) is 15.6 Å². The van der Waals surface area contributed by atoms with Gasteiger partial charge in [-0.15, -0.1) is 22.9 Å². The molecule has 1 nitrogen and oxygen atoms in total. The molecular weight excluding hydrogens is 237 g/mol. The van der Waals surface area contributed by atoms with Crippen LogP contribution in [0.25, 0.3) is 10.1 Å². The van der Waals surface area contributed by atoms with Crippen LogP contribution in [0.1, 0.15) is 10.4 Å². The van der Waals surface area contributed by atoms with Crippen molar-refractivity contribution in [2.24, 2.45) is 0 Å². The Hall–Kier alpha value is -0.750. The van der Waals surface area contributed by atoms with Crippen molar-refractivity contribution in [2.45, 2.75) is 5.88 Å². The second kappa shape index (κ2) is 3.78. The van der Waals surface area contributed by atoms with Gasteiger partial charge in [-0.3, -0.25) is 0 Å². The number of thiophene rings is 1. The molecule has 0 saturated carbocycles. The molecule has 0 aliphatic heterocycles. The van der Waals surface area contributed by atoms with E-state index in [9.17, 15) is 0 Å². The maximum absolute atomic E-state index is 8.77. The molecule has 0 unspecified atom stereocenters. The maximum Gasteiger partial charge on any atom is 0.110 e. The topological polar surface area (TPSA) is 23.8 Å². The highest BCUT2D eigenvalue weighted by Gasteiger charge is 2.08. The Balaban J connectivity index is 2.81. The molecule has 0 fully saturated rings. The molecule has 2 aromatic rings. The van der Waals surface area contributed by atoms with Crippen LogP contribution in [0.3, 0.4) is 0 Å². The number of fused-ring (bicyclic) bond motifs is 1. The van der Waals surface area contributed by atoms with Gasteiger partial charge in [0.25, 0.3) is 0 Å². The summed E-state index contributed by atoms with van der Waals surface area (Å²) in [6.45, 7) is 0. The SMILES string of the molecule is N#Cc1cc2c(CCl)c(Cl)ccc2s1. The molecule has 70 valence electrons. The third-order valence-corrected chi connectivity index (χ3v) is 3.63. The zero-order valence-corrected chi connectivity index (χ0v) is 9.38. The van der Waals surface area contributed by atoms with Gasteiger partial charge in [-0.05, 0) is 29.1 Å². The van der Waals surface area contributed by atoms with Crippen LogP contribution in [-0.2, 0) is 5.88 Å². The highest BCUT2D eigenvalue weighted by molar-refractivity contribution is 7.19. The molecule has 2 rings (SSSR count). The van der Waals surface area contributed by atoms with Crippen molar-refractivity contribution in [1.82, 2.24) is 0 Å². The van der Waals surface area contributed by atoms with E-state index in [-0.39, 0.29) is 0 Å². The van der Waals surface area contributed by atoms with Gasteiger partial charge in [-0.2, -0.15) is 5.26 Å². The number of halogens is 2. The Labute approximate surface area is 95.5 Å². The van der Waals surface area contributed by atoms with Crippen LogP contribution >= 0.6 is 34.5 Å². The van der Waals surface area contributed by atoms with E-state index in [4.69, 9.17) is 28.5 Å². The maximum atomic E-state index is 8.77. The molecule has 0 saturated heterocycles. The summed E-state index contributed by atoms with van der Waals surface area (Å²) in [6.07, 6.45) is 0. The molecule has 1 heterocycles. The van der Waals surface area contributed by atoms with Crippen LogP contribution < -0.4 is 0 Å². The zero-order chi connectivity index (χ0) is 10.1. The molecule has 0 atom stereocenters. The third-order valence-electron chi connectivity index (χ3n) is 2.00. The first-order valence-corrected chi connectivity index (χ1v) is 5.66. The van der Waals surface area contributed by atoms with E-state index in [2.05, 4.69) is 6.07 Å². The van der Waals surface area contributed by atoms with Gasteiger partial charge in [0.05, 0.1) is 0 Å². The number of hydrogen-bond acceptors (Lipinski definition) is 2. The number of hydrogen-bond donors (Lipinski definition) is 0. The van der Waals surface area contributed by atoms with E-state index in [1.165, 1.54) is 11.3 Å². The van der Waals surface area contributed by atoms with Crippen LogP contribution in [0, 0.1) is 11.3 Å². The molecule has 0 aliphatic rings. The molecule has 4 heteroatoms. The lowest BCUT2D eigenvalue weighted by atomic mass is 10.1. The lowest BCUT2D eigenvalue weighted by Crippen LogP contribution is -1.80. The van der Waals surface area contributed by atoms with Crippen LogP contribution in [-0.4, -0.2) is 0 Å². The zero-order valence-electron chi connectivity index (χ0n) is 7.05. The van der Waals surface area contributed by atoms with Crippen LogP contribution in [0.2, 0.25) is 5.02 Å². The van der Waals surface area contributed by atoms with Gasteiger partial charge in [0.1, 0.15) is 10.9 Å². The molecule has 0 radical (unpaired) electrons. The quantitative estimate of drug-likeness (QED) is 0.688. The second-order valence-electron chi connectivity index (χ2n) is 2.79. The number of rotatable bonds is 1. The fraction of sp³-hybridized carbons (Fsp3) is 0.100. The Morgan fingerprint density at radius 3 is 2.86 bits per heavy atom. The van der Waals surface area contributed by atoms with Gasteiger partial charge in [0.2, 0.25) is 0 Å². The van der Waals surface area contributed by atoms with Gasteiger partial charge in [0.15, 0.2) is 0 Å². The molecule has 0 spiro atoms. The molecule has 0 N–H and O–H groups in total. The predicted octanol–water partition coefficient (Wildman–Crippen LogP) is 4.17. The Bertz CT molecular complexity index is 525. The molecule has 1 aromatic heterocycles. The van der Waals surface area contributed by atoms with E-state index < -0.39 is 0 Å². The van der Waals surface area contributed by atoms with E-state index in [1.807, 2.05) is 18.2 Å². The van der Waals surface area contributed by atoms with E-state index in [0.29, 0.717) is 15.8 Å². The molecule has 14 heavy (non-hydrogen) atoms. The highest BCUT2D eigenvalue weighted by Crippen LogP contribution is 2.33. The fourth-order valence-corrected chi connectivity index (χ4v) is 2.81. The molecular formula is C10H5Cl2NS. The smallest absolute Gasteiger partial charge is 0.110 e. The van der Waals surface area contributed by atoms with E-state index in [1.54, 1.807) is 0 Å². The number of benzene rings is 1. The van der Waals surface area contributed by atoms with Gasteiger partial charge < -0.3 is 0 Å². The lowest BCUT2D eigenvalue weighted by molar-refractivity contribution is 1.46. The number of alkyl halides is 1. The minimum absolute atomic E-state index is 0.373. The first-order chi connectivity index (χ1) is 6.76. The van der Waals surface area contributed by atoms with Gasteiger partial charge >= 0.3 is 0 Å². The van der Waals surface area contributed by atoms with Gasteiger partial charge in [-0.1, -0.05) is 11.6 Å². The van der Waals surface area contributed by atoms with Crippen molar-refractivity contribution in [3.8, 4) is 6.07 Å². The molecule has 0 aliphatic carbocycles. The van der Waals surface area contributed by atoms with Crippen LogP contribution in [0.15, 0.2) is 18.2 Å². The Kier molecular flexibility index (Phi) is 2.64. The summed E-state index contributed by atoms with van der Waals surface area (Å²) >= 11 is 13.3. The van der Waals surface area contributed by atoms with Crippen molar-refractivity contribution in [2.75, 3.05) is 0 Å². The van der Waals surface area contributed by atoms with Crippen LogP contribution in [0.4, 0.5) is 0 Å². The molecule has 0 amide bonds. The minimum atomic E-state index is 0.373. The van der Waals surface area contributed by atoms with Crippen molar-refractivity contribution >= 4 is 44.6 Å². The van der Waals surface area contributed by atoms with Crippen molar-refractivity contribution in [1.29, 1.82) is 5.26 Å². The average Bonchev–Trinajstić information content (AvgIpc) is 2.60. The summed E-state index contributed by atoms with van der Waals surface area (Å²) in [7, 11) is 0. The summed E-state index contributed by atoms with van der Waals surface area (Å²) in [5, 5.41) is 10.4. The minimum Gasteiger partial charge on any atom is -0.192 e. The predicted molar refractivity (Wildman–Crippen MR) is 61.1 cm³/mol. The summed E-state index contributed by atoms with van der Waals surface area (Å²) in [5.74, 6) is 0.373. The number of nitrogens with zero attached hydrogens (tertiary/aromatic N) is 1. The lowest BCUT2D eigenvalue weighted by Gasteiger charge is -2.00. The summed E-state index contributed by atoms with van der Waals surface area (Å²) in [6, 6.07) is 7.69. The highest BCUT2D eigenvalue weighted by atomic mass is 35.5. The molecule has 1 aromatic carbocycles. The number of nitriles is 1. The monoisotopic (exact) mass is 241 g/mol. The standard InChI is InChI=1S/C10H5Cl2NS/c11-4-8-7-3-6(5-13)14-10(7)2-1-9(8)12/h1-3H,4H2. The van der Waals surface area contributed by atoms with Gasteiger partial charge in [-0.25, -0.2) is 0 Å². The van der Waals surface area contributed by atoms with Gasteiger partial charge in [0, 0.05) is 15.6 Å². The second-order valence-corrected chi connectivity index (χ2v) is 4.55.